The Hall–Kier alpha value is -0.610. The summed E-state index contributed by atoms with van der Waals surface area (Å²) in [4.78, 5) is 13.5. The van der Waals surface area contributed by atoms with Gasteiger partial charge in [-0.05, 0) is 39.5 Å². The van der Waals surface area contributed by atoms with Gasteiger partial charge in [0.2, 0.25) is 0 Å². The van der Waals surface area contributed by atoms with E-state index in [0.717, 1.165) is 25.8 Å². The zero-order valence-electron chi connectivity index (χ0n) is 11.0. The largest absolute Gasteiger partial charge is 0.481 e. The number of carboxylic acid groups (broad SMARTS) is 1. The van der Waals surface area contributed by atoms with E-state index in [9.17, 15) is 9.90 Å². The van der Waals surface area contributed by atoms with Gasteiger partial charge in [-0.1, -0.05) is 0 Å². The molecule has 1 N–H and O–H groups in total. The molecule has 0 aromatic carbocycles. The fraction of sp³-hybridized carbons (Fsp3) is 0.923. The number of rotatable bonds is 5. The molecule has 0 spiro atoms. The maximum Gasteiger partial charge on any atom is 0.308 e. The fourth-order valence-electron chi connectivity index (χ4n) is 3.22. The Morgan fingerprint density at radius 3 is 2.71 bits per heavy atom. The first-order chi connectivity index (χ1) is 7.94. The molecule has 2 rings (SSSR count). The van der Waals surface area contributed by atoms with Crippen LogP contribution >= 0.6 is 0 Å². The van der Waals surface area contributed by atoms with E-state index < -0.39 is 5.97 Å². The maximum absolute atomic E-state index is 11.1. The third-order valence-corrected chi connectivity index (χ3v) is 4.52. The van der Waals surface area contributed by atoms with Gasteiger partial charge < -0.3 is 9.84 Å². The molecule has 2 saturated heterocycles. The molecule has 17 heavy (non-hydrogen) atoms. The molecule has 2 heterocycles. The summed E-state index contributed by atoms with van der Waals surface area (Å²) < 4.78 is 5.42. The number of carboxylic acids is 1. The lowest BCUT2D eigenvalue weighted by molar-refractivity contribution is -0.142. The second-order valence-electron chi connectivity index (χ2n) is 5.93. The molecule has 0 aliphatic carbocycles. The number of fused-ring (bicyclic) bond motifs is 2. The van der Waals surface area contributed by atoms with Crippen molar-refractivity contribution >= 4 is 5.97 Å². The minimum atomic E-state index is -0.617. The molecule has 3 atom stereocenters. The van der Waals surface area contributed by atoms with E-state index in [4.69, 9.17) is 4.74 Å². The third kappa shape index (κ3) is 2.47. The van der Waals surface area contributed by atoms with Gasteiger partial charge in [-0.2, -0.15) is 0 Å². The Kier molecular flexibility index (Phi) is 3.46. The molecule has 2 aliphatic rings. The molecule has 0 aromatic heterocycles. The van der Waals surface area contributed by atoms with Crippen LogP contribution in [0.1, 0.15) is 39.5 Å². The van der Waals surface area contributed by atoms with Crippen LogP contribution in [0.5, 0.6) is 0 Å². The Bertz CT molecular complexity index is 303. The van der Waals surface area contributed by atoms with Crippen LogP contribution in [0.3, 0.4) is 0 Å². The van der Waals surface area contributed by atoms with Crippen molar-refractivity contribution in [1.29, 1.82) is 0 Å². The second-order valence-corrected chi connectivity index (χ2v) is 5.93. The summed E-state index contributed by atoms with van der Waals surface area (Å²) in [7, 11) is 1.73. The molecular formula is C13H23NO3. The van der Waals surface area contributed by atoms with Gasteiger partial charge in [-0.3, -0.25) is 9.69 Å². The van der Waals surface area contributed by atoms with Crippen molar-refractivity contribution in [2.24, 2.45) is 5.92 Å². The molecule has 98 valence electrons. The second kappa shape index (κ2) is 4.58. The van der Waals surface area contributed by atoms with Crippen LogP contribution in [0.25, 0.3) is 0 Å². The average Bonchev–Trinajstić information content (AvgIpc) is 2.83. The first-order valence-electron chi connectivity index (χ1n) is 6.48. The highest BCUT2D eigenvalue weighted by atomic mass is 16.5. The van der Waals surface area contributed by atoms with Crippen molar-refractivity contribution in [2.75, 3.05) is 13.7 Å². The van der Waals surface area contributed by atoms with Crippen molar-refractivity contribution in [3.8, 4) is 0 Å². The molecule has 0 aromatic rings. The average molecular weight is 241 g/mol. The van der Waals surface area contributed by atoms with Crippen molar-refractivity contribution in [2.45, 2.75) is 57.2 Å². The number of hydrogen-bond donors (Lipinski definition) is 1. The molecule has 4 nitrogen and oxygen atoms in total. The zero-order chi connectivity index (χ0) is 12.6. The van der Waals surface area contributed by atoms with Crippen molar-refractivity contribution in [3.63, 3.8) is 0 Å². The van der Waals surface area contributed by atoms with Crippen LogP contribution in [-0.2, 0) is 9.53 Å². The zero-order valence-corrected chi connectivity index (χ0v) is 11.0. The van der Waals surface area contributed by atoms with Gasteiger partial charge in [0.1, 0.15) is 0 Å². The highest BCUT2D eigenvalue weighted by molar-refractivity contribution is 5.71. The lowest BCUT2D eigenvalue weighted by atomic mass is 9.89. The normalized spacial score (nSPS) is 33.2. The van der Waals surface area contributed by atoms with Crippen LogP contribution in [-0.4, -0.2) is 47.3 Å². The molecule has 3 unspecified atom stereocenters. The molecule has 2 bridgehead atoms. The van der Waals surface area contributed by atoms with Crippen molar-refractivity contribution in [1.82, 2.24) is 4.90 Å². The molecule has 0 saturated carbocycles. The minimum Gasteiger partial charge on any atom is -0.481 e. The van der Waals surface area contributed by atoms with Gasteiger partial charge in [0.15, 0.2) is 0 Å². The van der Waals surface area contributed by atoms with E-state index >= 15 is 0 Å². The monoisotopic (exact) mass is 241 g/mol. The van der Waals surface area contributed by atoms with E-state index in [1.54, 1.807) is 7.11 Å². The summed E-state index contributed by atoms with van der Waals surface area (Å²) in [6.07, 6.45) is 4.02. The first kappa shape index (κ1) is 12.8. The summed E-state index contributed by atoms with van der Waals surface area (Å²) >= 11 is 0. The smallest absolute Gasteiger partial charge is 0.308 e. The number of hydrogen-bond acceptors (Lipinski definition) is 3. The lowest BCUT2D eigenvalue weighted by Gasteiger charge is -2.28. The number of ether oxygens (including phenoxy) is 1. The molecule has 2 fully saturated rings. The van der Waals surface area contributed by atoms with Gasteiger partial charge in [-0.25, -0.2) is 0 Å². The van der Waals surface area contributed by atoms with Crippen molar-refractivity contribution in [3.05, 3.63) is 0 Å². The van der Waals surface area contributed by atoms with E-state index in [1.807, 2.05) is 0 Å². The molecule has 2 aliphatic heterocycles. The maximum atomic E-state index is 11.1. The van der Waals surface area contributed by atoms with Crippen LogP contribution in [0.4, 0.5) is 0 Å². The van der Waals surface area contributed by atoms with Crippen molar-refractivity contribution < 1.29 is 14.6 Å². The number of methoxy groups -OCH3 is 1. The fourth-order valence-corrected chi connectivity index (χ4v) is 3.22. The Labute approximate surface area is 103 Å². The Balaban J connectivity index is 1.93. The molecule has 0 amide bonds. The summed E-state index contributed by atoms with van der Waals surface area (Å²) in [5.74, 6) is -0.757. The Morgan fingerprint density at radius 1 is 1.47 bits per heavy atom. The third-order valence-electron chi connectivity index (χ3n) is 4.52. The number of nitrogens with zero attached hydrogens (tertiary/aromatic N) is 1. The van der Waals surface area contributed by atoms with Gasteiger partial charge in [0.05, 0.1) is 11.5 Å². The summed E-state index contributed by atoms with van der Waals surface area (Å²) in [6.45, 7) is 5.12. The Morgan fingerprint density at radius 2 is 2.18 bits per heavy atom. The molecule has 4 heteroatoms. The van der Waals surface area contributed by atoms with Gasteiger partial charge in [0, 0.05) is 25.7 Å². The van der Waals surface area contributed by atoms with E-state index in [-0.39, 0.29) is 17.6 Å². The van der Waals surface area contributed by atoms with E-state index in [1.165, 1.54) is 6.42 Å². The van der Waals surface area contributed by atoms with Crippen LogP contribution in [0.15, 0.2) is 0 Å². The predicted octanol–water partition coefficient (Wildman–Crippen LogP) is 1.74. The summed E-state index contributed by atoms with van der Waals surface area (Å²) in [6, 6.07) is 0.763. The topological polar surface area (TPSA) is 49.8 Å². The van der Waals surface area contributed by atoms with E-state index in [2.05, 4.69) is 18.7 Å². The molecular weight excluding hydrogens is 218 g/mol. The van der Waals surface area contributed by atoms with Crippen LogP contribution in [0.2, 0.25) is 0 Å². The number of aliphatic carboxylic acids is 1. The van der Waals surface area contributed by atoms with Gasteiger partial charge in [-0.15, -0.1) is 0 Å². The molecule has 0 radical (unpaired) electrons. The quantitative estimate of drug-likeness (QED) is 0.796. The highest BCUT2D eigenvalue weighted by Gasteiger charge is 2.49. The predicted molar refractivity (Wildman–Crippen MR) is 65.0 cm³/mol. The van der Waals surface area contributed by atoms with E-state index in [0.29, 0.717) is 6.04 Å². The summed E-state index contributed by atoms with van der Waals surface area (Å²) in [5, 5.41) is 9.18. The lowest BCUT2D eigenvalue weighted by Crippen LogP contribution is -2.37. The number of carbonyl (C=O) groups is 1. The highest BCUT2D eigenvalue weighted by Crippen LogP contribution is 2.42. The minimum absolute atomic E-state index is 0.110. The van der Waals surface area contributed by atoms with Crippen LogP contribution < -0.4 is 0 Å². The standard InChI is InChI=1S/C13H23NO3/c1-13(2,17-3)6-7-14-9-4-5-11(14)10(8-9)12(15)16/h9-11H,4-8H2,1-3H3,(H,15,16). The van der Waals surface area contributed by atoms with Gasteiger partial charge in [0.25, 0.3) is 0 Å². The van der Waals surface area contributed by atoms with Gasteiger partial charge >= 0.3 is 5.97 Å². The van der Waals surface area contributed by atoms with Crippen LogP contribution in [0, 0.1) is 5.92 Å². The SMILES string of the molecule is COC(C)(C)CCN1C2CCC1C(C(=O)O)C2. The first-order valence-corrected chi connectivity index (χ1v) is 6.48. The summed E-state index contributed by atoms with van der Waals surface area (Å²) in [5.41, 5.74) is -0.110.